The van der Waals surface area contributed by atoms with Crippen molar-refractivity contribution >= 4 is 56.8 Å². The van der Waals surface area contributed by atoms with E-state index in [2.05, 4.69) is 30.9 Å². The summed E-state index contributed by atoms with van der Waals surface area (Å²) in [6.45, 7) is 5.54. The Morgan fingerprint density at radius 1 is 1.10 bits per heavy atom. The van der Waals surface area contributed by atoms with E-state index in [4.69, 9.17) is 4.98 Å². The summed E-state index contributed by atoms with van der Waals surface area (Å²) in [6, 6.07) is 10.6. The molecular formula is C22H27ClFN3OS2. The third-order valence-corrected chi connectivity index (χ3v) is 6.75. The first-order valence-corrected chi connectivity index (χ1v) is 11.3. The molecule has 3 aromatic rings. The fourth-order valence-electron chi connectivity index (χ4n) is 2.83. The molecule has 0 bridgehead atoms. The zero-order valence-corrected chi connectivity index (χ0v) is 20.1. The van der Waals surface area contributed by atoms with Crippen LogP contribution in [0.15, 0.2) is 41.3 Å². The van der Waals surface area contributed by atoms with Crippen LogP contribution in [0.2, 0.25) is 0 Å². The van der Waals surface area contributed by atoms with Crippen molar-refractivity contribution in [2.45, 2.75) is 25.2 Å². The van der Waals surface area contributed by atoms with Crippen LogP contribution in [0.25, 0.3) is 10.2 Å². The lowest BCUT2D eigenvalue weighted by Crippen LogP contribution is -2.36. The van der Waals surface area contributed by atoms with Crippen LogP contribution in [0.4, 0.5) is 9.52 Å². The second kappa shape index (κ2) is 11.1. The molecule has 162 valence electrons. The topological polar surface area (TPSA) is 36.4 Å². The molecule has 0 saturated heterocycles. The number of hydrogen-bond donors (Lipinski definition) is 0. The van der Waals surface area contributed by atoms with Gasteiger partial charge in [-0.3, -0.25) is 9.69 Å². The minimum absolute atomic E-state index is 0. The molecule has 1 amide bonds. The standard InChI is InChI=1S/C22H26FN3OS2.ClH/c1-15-13-19-20(14-16(15)2)29-22(24-19)26(11-10-25(3)4)21(27)9-12-28-18-7-5-17(23)6-8-18;/h5-8,13-14H,9-12H2,1-4H3;1H. The number of nitrogens with zero attached hydrogens (tertiary/aromatic N) is 3. The summed E-state index contributed by atoms with van der Waals surface area (Å²) in [5, 5.41) is 0.753. The van der Waals surface area contributed by atoms with Crippen molar-refractivity contribution in [3.8, 4) is 0 Å². The number of amides is 1. The molecule has 30 heavy (non-hydrogen) atoms. The number of thiazole rings is 1. The highest BCUT2D eigenvalue weighted by atomic mass is 35.5. The summed E-state index contributed by atoms with van der Waals surface area (Å²) < 4.78 is 14.1. The van der Waals surface area contributed by atoms with Crippen LogP contribution in [-0.2, 0) is 4.79 Å². The predicted molar refractivity (Wildman–Crippen MR) is 129 cm³/mol. The number of carbonyl (C=O) groups excluding carboxylic acids is 1. The minimum atomic E-state index is -0.249. The number of carbonyl (C=O) groups is 1. The van der Waals surface area contributed by atoms with Gasteiger partial charge in [0, 0.05) is 30.2 Å². The second-order valence-electron chi connectivity index (χ2n) is 7.30. The number of aryl methyl sites for hydroxylation is 2. The van der Waals surface area contributed by atoms with Crippen molar-refractivity contribution in [1.29, 1.82) is 0 Å². The van der Waals surface area contributed by atoms with Crippen molar-refractivity contribution in [2.24, 2.45) is 0 Å². The SMILES string of the molecule is Cc1cc2nc(N(CCN(C)C)C(=O)CCSc3ccc(F)cc3)sc2cc1C.Cl. The monoisotopic (exact) mass is 467 g/mol. The van der Waals surface area contributed by atoms with E-state index in [1.165, 1.54) is 23.3 Å². The van der Waals surface area contributed by atoms with Crippen molar-refractivity contribution in [3.05, 3.63) is 53.3 Å². The molecule has 2 aromatic carbocycles. The lowest BCUT2D eigenvalue weighted by molar-refractivity contribution is -0.118. The number of thioether (sulfide) groups is 1. The summed E-state index contributed by atoms with van der Waals surface area (Å²) >= 11 is 3.13. The first-order valence-electron chi connectivity index (χ1n) is 9.55. The third-order valence-electron chi connectivity index (χ3n) is 4.69. The summed E-state index contributed by atoms with van der Waals surface area (Å²) in [7, 11) is 4.00. The Morgan fingerprint density at radius 2 is 1.77 bits per heavy atom. The third kappa shape index (κ3) is 6.41. The summed E-state index contributed by atoms with van der Waals surface area (Å²) in [4.78, 5) is 22.6. The summed E-state index contributed by atoms with van der Waals surface area (Å²) in [5.74, 6) is 0.460. The molecule has 1 aromatic heterocycles. The number of halogens is 2. The maximum absolute atomic E-state index is 13.0. The Balaban J connectivity index is 0.00000320. The smallest absolute Gasteiger partial charge is 0.229 e. The number of anilines is 1. The van der Waals surface area contributed by atoms with Gasteiger partial charge in [0.2, 0.25) is 5.91 Å². The Bertz CT molecular complexity index is 953. The van der Waals surface area contributed by atoms with E-state index in [1.807, 2.05) is 14.1 Å². The van der Waals surface area contributed by atoms with Gasteiger partial charge in [-0.2, -0.15) is 0 Å². The van der Waals surface area contributed by atoms with E-state index in [0.29, 0.717) is 18.7 Å². The molecule has 3 rings (SSSR count). The van der Waals surface area contributed by atoms with Crippen molar-refractivity contribution in [3.63, 3.8) is 0 Å². The minimum Gasteiger partial charge on any atom is -0.308 e. The van der Waals surface area contributed by atoms with Gasteiger partial charge < -0.3 is 4.90 Å². The lowest BCUT2D eigenvalue weighted by Gasteiger charge is -2.22. The highest BCUT2D eigenvalue weighted by Gasteiger charge is 2.20. The average Bonchev–Trinajstić information content (AvgIpc) is 3.06. The number of rotatable bonds is 8. The first-order chi connectivity index (χ1) is 13.8. The predicted octanol–water partition coefficient (Wildman–Crippen LogP) is 5.55. The molecule has 1 heterocycles. The van der Waals surface area contributed by atoms with E-state index >= 15 is 0 Å². The maximum Gasteiger partial charge on any atom is 0.229 e. The Labute approximate surface area is 191 Å². The van der Waals surface area contributed by atoms with Crippen LogP contribution in [0.5, 0.6) is 0 Å². The molecule has 0 aliphatic carbocycles. The van der Waals surface area contributed by atoms with Crippen LogP contribution in [0, 0.1) is 19.7 Å². The Kier molecular flexibility index (Phi) is 9.09. The van der Waals surface area contributed by atoms with Crippen molar-refractivity contribution < 1.29 is 9.18 Å². The van der Waals surface area contributed by atoms with Crippen LogP contribution in [-0.4, -0.2) is 48.7 Å². The van der Waals surface area contributed by atoms with Gasteiger partial charge in [0.05, 0.1) is 10.2 Å². The van der Waals surface area contributed by atoms with E-state index in [9.17, 15) is 9.18 Å². The molecule has 0 unspecified atom stereocenters. The lowest BCUT2D eigenvalue weighted by atomic mass is 10.1. The molecule has 0 fully saturated rings. The van der Waals surface area contributed by atoms with Gasteiger partial charge in [0.25, 0.3) is 0 Å². The number of fused-ring (bicyclic) bond motifs is 1. The van der Waals surface area contributed by atoms with Crippen LogP contribution < -0.4 is 4.90 Å². The van der Waals surface area contributed by atoms with E-state index < -0.39 is 0 Å². The highest BCUT2D eigenvalue weighted by Crippen LogP contribution is 2.31. The van der Waals surface area contributed by atoms with Crippen LogP contribution >= 0.6 is 35.5 Å². The number of hydrogen-bond acceptors (Lipinski definition) is 5. The second-order valence-corrected chi connectivity index (χ2v) is 9.48. The van der Waals surface area contributed by atoms with Gasteiger partial charge in [-0.1, -0.05) is 11.3 Å². The largest absolute Gasteiger partial charge is 0.308 e. The van der Waals surface area contributed by atoms with Gasteiger partial charge in [-0.25, -0.2) is 9.37 Å². The molecule has 4 nitrogen and oxygen atoms in total. The first kappa shape index (κ1) is 24.6. The molecule has 0 atom stereocenters. The van der Waals surface area contributed by atoms with Crippen molar-refractivity contribution in [1.82, 2.24) is 9.88 Å². The molecule has 0 aliphatic heterocycles. The van der Waals surface area contributed by atoms with Gasteiger partial charge in [0.1, 0.15) is 5.82 Å². The molecule has 0 spiro atoms. The van der Waals surface area contributed by atoms with Crippen molar-refractivity contribution in [2.75, 3.05) is 37.8 Å². The fourth-order valence-corrected chi connectivity index (χ4v) is 4.76. The van der Waals surface area contributed by atoms with E-state index in [-0.39, 0.29) is 24.1 Å². The zero-order chi connectivity index (χ0) is 21.0. The number of aromatic nitrogens is 1. The van der Waals surface area contributed by atoms with Gasteiger partial charge in [-0.15, -0.1) is 24.2 Å². The maximum atomic E-state index is 13.0. The normalized spacial score (nSPS) is 11.0. The average molecular weight is 468 g/mol. The molecule has 0 radical (unpaired) electrons. The summed E-state index contributed by atoms with van der Waals surface area (Å²) in [6.07, 6.45) is 0.406. The fraction of sp³-hybridized carbons (Fsp3) is 0.364. The highest BCUT2D eigenvalue weighted by molar-refractivity contribution is 7.99. The van der Waals surface area contributed by atoms with Gasteiger partial charge in [0.15, 0.2) is 5.13 Å². The molecule has 0 aliphatic rings. The van der Waals surface area contributed by atoms with E-state index in [0.717, 1.165) is 26.8 Å². The molecule has 0 saturated carbocycles. The number of benzene rings is 2. The Morgan fingerprint density at radius 3 is 2.43 bits per heavy atom. The van der Waals surface area contributed by atoms with Gasteiger partial charge >= 0.3 is 0 Å². The van der Waals surface area contributed by atoms with Crippen LogP contribution in [0.3, 0.4) is 0 Å². The summed E-state index contributed by atoms with van der Waals surface area (Å²) in [5.41, 5.74) is 3.38. The molecule has 8 heteroatoms. The Hall–Kier alpha value is -1.67. The zero-order valence-electron chi connectivity index (χ0n) is 17.6. The quantitative estimate of drug-likeness (QED) is 0.407. The van der Waals surface area contributed by atoms with Gasteiger partial charge in [-0.05, 0) is 75.5 Å². The molecule has 0 N–H and O–H groups in total. The molecular weight excluding hydrogens is 441 g/mol. The number of likely N-dealkylation sites (N-methyl/N-ethyl adjacent to an activating group) is 1. The van der Waals surface area contributed by atoms with Crippen LogP contribution in [0.1, 0.15) is 17.5 Å². The van der Waals surface area contributed by atoms with E-state index in [1.54, 1.807) is 40.1 Å².